The van der Waals surface area contributed by atoms with Gasteiger partial charge in [-0.05, 0) is 19.3 Å². The summed E-state index contributed by atoms with van der Waals surface area (Å²) in [6, 6.07) is 0. The third kappa shape index (κ3) is 24.9. The van der Waals surface area contributed by atoms with Crippen LogP contribution in [0.4, 0.5) is 0 Å². The van der Waals surface area contributed by atoms with E-state index in [0.29, 0.717) is 0 Å². The van der Waals surface area contributed by atoms with E-state index in [1.54, 1.807) is 0 Å². The molecule has 0 heterocycles. The monoisotopic (exact) mass is 283 g/mol. The predicted molar refractivity (Wildman–Crippen MR) is 72.5 cm³/mol. The number of hydrogen-bond donors (Lipinski definition) is 0. The van der Waals surface area contributed by atoms with Crippen molar-refractivity contribution in [2.45, 2.75) is 52.4 Å². The Labute approximate surface area is 114 Å². The fourth-order valence-electron chi connectivity index (χ4n) is 1.66. The molecular formula is C12H29NO4S. The van der Waals surface area contributed by atoms with Crippen molar-refractivity contribution in [3.05, 3.63) is 0 Å². The lowest BCUT2D eigenvalue weighted by molar-refractivity contribution is -0.890. The van der Waals surface area contributed by atoms with E-state index in [0.717, 1.165) is 0 Å². The molecule has 5 nitrogen and oxygen atoms in total. The third-order valence-electron chi connectivity index (χ3n) is 2.73. The first-order valence-corrected chi connectivity index (χ1v) is 7.94. The Bertz CT molecular complexity index is 273. The van der Waals surface area contributed by atoms with E-state index in [9.17, 15) is 0 Å². The highest BCUT2D eigenvalue weighted by Gasteiger charge is 2.12. The van der Waals surface area contributed by atoms with E-state index in [1.807, 2.05) is 0 Å². The summed E-state index contributed by atoms with van der Waals surface area (Å²) >= 11 is 0. The molecule has 0 aliphatic rings. The number of hydrogen-bond acceptors (Lipinski definition) is 4. The molecule has 112 valence electrons. The van der Waals surface area contributed by atoms with Gasteiger partial charge in [0.25, 0.3) is 0 Å². The van der Waals surface area contributed by atoms with Gasteiger partial charge < -0.3 is 13.6 Å². The van der Waals surface area contributed by atoms with E-state index >= 15 is 0 Å². The lowest BCUT2D eigenvalue weighted by atomic mass is 10.2. The topological polar surface area (TPSA) is 80.3 Å². The van der Waals surface area contributed by atoms with E-state index in [4.69, 9.17) is 17.5 Å². The molecule has 0 fully saturated rings. The Hall–Kier alpha value is -0.170. The van der Waals surface area contributed by atoms with Crippen molar-refractivity contribution in [3.8, 4) is 0 Å². The molecule has 0 N–H and O–H groups in total. The van der Waals surface area contributed by atoms with Crippen LogP contribution >= 0.6 is 0 Å². The second kappa shape index (κ2) is 10.7. The van der Waals surface area contributed by atoms with Crippen molar-refractivity contribution in [2.75, 3.05) is 27.2 Å². The van der Waals surface area contributed by atoms with Crippen LogP contribution in [0.1, 0.15) is 53.8 Å². The third-order valence-corrected chi connectivity index (χ3v) is 2.73. The van der Waals surface area contributed by atoms with Gasteiger partial charge in [0, 0.05) is 10.4 Å². The number of unbranched alkanes of at least 4 members (excludes halogenated alkanes) is 4. The first kappa shape index (κ1) is 20.2. The van der Waals surface area contributed by atoms with Crippen LogP contribution in [0.25, 0.3) is 0 Å². The summed E-state index contributed by atoms with van der Waals surface area (Å²) < 4.78 is 35.3. The molecule has 0 aliphatic carbocycles. The van der Waals surface area contributed by atoms with E-state index in [2.05, 4.69) is 27.9 Å². The molecule has 0 rings (SSSR count). The average molecular weight is 283 g/mol. The van der Waals surface area contributed by atoms with Gasteiger partial charge in [-0.25, -0.2) is 0 Å². The standard InChI is InChI=1S/C12H28N.H2O4S/c1-5-7-9-10-12-13(3,4)11-8-6-2;1-5(2,3)4/h5-12H2,1-4H3;(H2,1,2,3,4)/q+1;/p-1. The van der Waals surface area contributed by atoms with Crippen molar-refractivity contribution in [2.24, 2.45) is 0 Å². The quantitative estimate of drug-likeness (QED) is 0.296. The summed E-state index contributed by atoms with van der Waals surface area (Å²) in [5.41, 5.74) is 0. The van der Waals surface area contributed by atoms with Gasteiger partial charge in [0.2, 0.25) is 0 Å². The van der Waals surface area contributed by atoms with Crippen LogP contribution in [-0.2, 0) is 10.4 Å². The van der Waals surface area contributed by atoms with Crippen LogP contribution in [0.3, 0.4) is 0 Å². The second-order valence-electron chi connectivity index (χ2n) is 5.21. The Balaban J connectivity index is -0.000000366. The summed E-state index contributed by atoms with van der Waals surface area (Å²) in [4.78, 5) is 0. The molecule has 0 aromatic heterocycles. The number of rotatable bonds is 8. The summed E-state index contributed by atoms with van der Waals surface area (Å²) in [6.45, 7) is 7.26. The molecule has 0 aromatic rings. The highest BCUT2D eigenvalue weighted by Crippen LogP contribution is 2.06. The predicted octanol–water partition coefficient (Wildman–Crippen LogP) is 2.22. The minimum atomic E-state index is -5.17. The zero-order valence-electron chi connectivity index (χ0n) is 13.1. The molecule has 0 saturated carbocycles. The summed E-state index contributed by atoms with van der Waals surface area (Å²) in [6.07, 6.45) is 8.29. The van der Waals surface area contributed by atoms with Crippen LogP contribution in [0.2, 0.25) is 0 Å². The molecule has 0 saturated heterocycles. The van der Waals surface area contributed by atoms with Crippen LogP contribution in [0, 0.1) is 0 Å². The smallest absolute Gasteiger partial charge is 0.759 e. The van der Waals surface area contributed by atoms with E-state index in [1.165, 1.54) is 56.1 Å². The molecule has 0 aromatic carbocycles. The molecule has 0 amide bonds. The first-order chi connectivity index (χ1) is 8.12. The maximum absolute atomic E-state index is 8.52. The second-order valence-corrected chi connectivity index (χ2v) is 6.02. The van der Waals surface area contributed by atoms with Crippen molar-refractivity contribution >= 4 is 10.4 Å². The molecule has 0 spiro atoms. The Morgan fingerprint density at radius 2 is 1.28 bits per heavy atom. The molecule has 0 unspecified atom stereocenters. The zero-order chi connectivity index (χ0) is 14.7. The molecule has 0 radical (unpaired) electrons. The van der Waals surface area contributed by atoms with Crippen LogP contribution in [0.5, 0.6) is 0 Å². The normalized spacial score (nSPS) is 11.9. The summed E-state index contributed by atoms with van der Waals surface area (Å²) in [7, 11) is -0.441. The summed E-state index contributed by atoms with van der Waals surface area (Å²) in [5, 5.41) is 0. The van der Waals surface area contributed by atoms with Gasteiger partial charge in [0.15, 0.2) is 0 Å². The van der Waals surface area contributed by atoms with Crippen molar-refractivity contribution in [3.63, 3.8) is 0 Å². The Kier molecular flexibility index (Phi) is 12.0. The van der Waals surface area contributed by atoms with Gasteiger partial charge in [0.05, 0.1) is 27.2 Å². The SMILES string of the molecule is CCCCCC[N+](C)(C)CCCC.O=S(=O)([O-])[O-].[H+]. The number of quaternary nitrogens is 1. The molecule has 18 heavy (non-hydrogen) atoms. The Morgan fingerprint density at radius 1 is 0.889 bits per heavy atom. The van der Waals surface area contributed by atoms with E-state index in [-0.39, 0.29) is 1.43 Å². The van der Waals surface area contributed by atoms with Crippen LogP contribution in [-0.4, -0.2) is 49.2 Å². The van der Waals surface area contributed by atoms with Crippen LogP contribution < -0.4 is 0 Å². The van der Waals surface area contributed by atoms with Crippen molar-refractivity contribution < 1.29 is 23.4 Å². The fourth-order valence-corrected chi connectivity index (χ4v) is 1.66. The van der Waals surface area contributed by atoms with Crippen LogP contribution in [0.15, 0.2) is 0 Å². The van der Waals surface area contributed by atoms with Gasteiger partial charge in [-0.3, -0.25) is 8.42 Å². The zero-order valence-corrected chi connectivity index (χ0v) is 13.0. The van der Waals surface area contributed by atoms with Crippen molar-refractivity contribution in [1.29, 1.82) is 0 Å². The highest BCUT2D eigenvalue weighted by atomic mass is 32.3. The molecule has 6 heteroatoms. The molecular weight excluding hydrogens is 254 g/mol. The molecule has 0 bridgehead atoms. The first-order valence-electron chi connectivity index (χ1n) is 6.61. The molecule has 0 atom stereocenters. The van der Waals surface area contributed by atoms with E-state index < -0.39 is 10.4 Å². The minimum Gasteiger partial charge on any atom is -0.759 e. The largest absolute Gasteiger partial charge is 1.00 e. The van der Waals surface area contributed by atoms with Crippen molar-refractivity contribution in [1.82, 2.24) is 0 Å². The average Bonchev–Trinajstić information content (AvgIpc) is 2.19. The van der Waals surface area contributed by atoms with Gasteiger partial charge in [-0.15, -0.1) is 0 Å². The van der Waals surface area contributed by atoms with Gasteiger partial charge in [-0.1, -0.05) is 33.1 Å². The lowest BCUT2D eigenvalue weighted by Crippen LogP contribution is -2.41. The lowest BCUT2D eigenvalue weighted by Gasteiger charge is -2.29. The maximum Gasteiger partial charge on any atom is 1.00 e. The van der Waals surface area contributed by atoms with Gasteiger partial charge >= 0.3 is 1.43 Å². The molecule has 0 aliphatic heterocycles. The number of nitrogens with zero attached hydrogens (tertiary/aromatic N) is 1. The maximum atomic E-state index is 8.52. The Morgan fingerprint density at radius 3 is 1.67 bits per heavy atom. The highest BCUT2D eigenvalue weighted by molar-refractivity contribution is 7.79. The van der Waals surface area contributed by atoms with Gasteiger partial charge in [-0.2, -0.15) is 0 Å². The summed E-state index contributed by atoms with van der Waals surface area (Å²) in [5.74, 6) is 0. The fraction of sp³-hybridized carbons (Fsp3) is 1.00. The minimum absolute atomic E-state index is 0. The van der Waals surface area contributed by atoms with Gasteiger partial charge in [0.1, 0.15) is 0 Å².